The molecule has 2 unspecified atom stereocenters. The summed E-state index contributed by atoms with van der Waals surface area (Å²) < 4.78 is 40.9. The van der Waals surface area contributed by atoms with Gasteiger partial charge in [-0.25, -0.2) is 0 Å². The van der Waals surface area contributed by atoms with E-state index in [1.54, 1.807) is 4.90 Å². The summed E-state index contributed by atoms with van der Waals surface area (Å²) in [6.07, 6.45) is 1.14. The van der Waals surface area contributed by atoms with Crippen LogP contribution in [0.3, 0.4) is 0 Å². The zero-order valence-electron chi connectivity index (χ0n) is 31.8. The van der Waals surface area contributed by atoms with E-state index in [1.807, 2.05) is 55.5 Å². The lowest BCUT2D eigenvalue weighted by Gasteiger charge is -2.39. The van der Waals surface area contributed by atoms with Crippen LogP contribution < -0.4 is 5.32 Å². The van der Waals surface area contributed by atoms with Crippen molar-refractivity contribution in [2.24, 2.45) is 5.92 Å². The van der Waals surface area contributed by atoms with E-state index in [4.69, 9.17) is 0 Å². The Morgan fingerprint density at radius 2 is 1.69 bits per heavy atom. The number of hydrogen-bond donors (Lipinski definition) is 4. The molecule has 0 bridgehead atoms. The van der Waals surface area contributed by atoms with Crippen LogP contribution in [0.25, 0.3) is 21.7 Å². The molecule has 8 rings (SSSR count). The molecule has 304 valence electrons. The van der Waals surface area contributed by atoms with E-state index in [2.05, 4.69) is 21.6 Å². The lowest BCUT2D eigenvalue weighted by atomic mass is 9.90. The fourth-order valence-corrected chi connectivity index (χ4v) is 9.17. The Balaban J connectivity index is 1.10. The van der Waals surface area contributed by atoms with E-state index in [0.717, 1.165) is 23.3 Å². The van der Waals surface area contributed by atoms with Crippen LogP contribution >= 0.6 is 7.60 Å². The minimum absolute atomic E-state index is 0.0483. The SMILES string of the molecule is Cc1ccc2[nH]nc(C(=O)N3CC[C@H]4CC[C@@H](C(=O)N5CC(c6ccccc6)[C@@H](C#N)C5)N4C(=O)C(NC(=O)c4ccc5ccc(C(F)(F)P(=O)(O)O)cc5c4)C3)c2c1. The summed E-state index contributed by atoms with van der Waals surface area (Å²) in [5.41, 5.74) is -2.84. The van der Waals surface area contributed by atoms with Crippen LogP contribution in [0.2, 0.25) is 0 Å². The van der Waals surface area contributed by atoms with Crippen molar-refractivity contribution in [3.63, 3.8) is 0 Å². The van der Waals surface area contributed by atoms with Gasteiger partial charge in [0.1, 0.15) is 12.1 Å². The molecule has 4 heterocycles. The molecule has 0 saturated carbocycles. The Morgan fingerprint density at radius 3 is 2.44 bits per heavy atom. The van der Waals surface area contributed by atoms with Crippen LogP contribution in [-0.2, 0) is 19.8 Å². The van der Waals surface area contributed by atoms with Crippen LogP contribution in [0.1, 0.15) is 62.7 Å². The van der Waals surface area contributed by atoms with Crippen molar-refractivity contribution in [2.75, 3.05) is 26.2 Å². The second-order valence-electron chi connectivity index (χ2n) is 15.5. The number of benzene rings is 4. The molecule has 4 N–H and O–H groups in total. The van der Waals surface area contributed by atoms with Crippen molar-refractivity contribution in [3.8, 4) is 6.07 Å². The second-order valence-corrected chi connectivity index (χ2v) is 17.2. The average Bonchev–Trinajstić information content (AvgIpc) is 3.97. The molecular formula is C42H40F2N7O7P. The molecule has 5 atom stereocenters. The van der Waals surface area contributed by atoms with E-state index < -0.39 is 60.6 Å². The van der Waals surface area contributed by atoms with Crippen molar-refractivity contribution in [3.05, 3.63) is 113 Å². The number of likely N-dealkylation sites (tertiary alicyclic amines) is 1. The van der Waals surface area contributed by atoms with Crippen LogP contribution in [0, 0.1) is 24.2 Å². The van der Waals surface area contributed by atoms with Gasteiger partial charge < -0.3 is 29.8 Å². The zero-order chi connectivity index (χ0) is 41.8. The standard InChI is InChI=1S/C42H40F2N7O7P/c1-24-7-13-34-32(17-24)37(48-47-34)41(55)49-16-15-31-12-14-36(40(54)50-21-29(20-45)33(22-50)26-5-3-2-4-6-26)51(31)39(53)35(23-49)46-38(52)27-9-8-25-10-11-30(19-28(25)18-27)42(43,44)59(56,57)58/h2-11,13,17-19,29,31,33,35-36H,12,14-16,21-23H2,1H3,(H,46,52)(H,47,48)(H2,56,57,58)/t29-,31+,33?,35?,36-/m0/s1. The zero-order valence-corrected chi connectivity index (χ0v) is 32.7. The number of fused-ring (bicyclic) bond motifs is 3. The van der Waals surface area contributed by atoms with Crippen molar-refractivity contribution < 1.29 is 42.3 Å². The number of aromatic nitrogens is 2. The van der Waals surface area contributed by atoms with Gasteiger partial charge in [0.15, 0.2) is 5.69 Å². The van der Waals surface area contributed by atoms with Gasteiger partial charge in [0.25, 0.3) is 11.8 Å². The summed E-state index contributed by atoms with van der Waals surface area (Å²) in [7, 11) is -5.87. The second kappa shape index (κ2) is 15.3. The Kier molecular flexibility index (Phi) is 10.3. The number of nitrogens with zero attached hydrogens (tertiary/aromatic N) is 5. The van der Waals surface area contributed by atoms with E-state index >= 15 is 0 Å². The Labute approximate surface area is 336 Å². The van der Waals surface area contributed by atoms with Gasteiger partial charge in [-0.05, 0) is 72.9 Å². The number of nitrogens with one attached hydrogen (secondary N) is 2. The third kappa shape index (κ3) is 7.35. The molecule has 5 aromatic rings. The number of rotatable bonds is 7. The van der Waals surface area contributed by atoms with Crippen molar-refractivity contribution in [2.45, 2.75) is 55.9 Å². The number of carbonyl (C=O) groups excluding carboxylic acids is 4. The number of halogens is 2. The molecule has 3 fully saturated rings. The molecule has 0 radical (unpaired) electrons. The Bertz CT molecular complexity index is 2590. The molecular weight excluding hydrogens is 783 g/mol. The summed E-state index contributed by atoms with van der Waals surface area (Å²) in [6.45, 7) is 2.27. The fraction of sp³-hybridized carbons (Fsp3) is 0.333. The van der Waals surface area contributed by atoms with Crippen molar-refractivity contribution in [1.29, 1.82) is 5.26 Å². The summed E-state index contributed by atoms with van der Waals surface area (Å²) in [6, 6.07) is 21.9. The summed E-state index contributed by atoms with van der Waals surface area (Å²) in [5.74, 6) is -2.79. The number of carbonyl (C=O) groups is 4. The van der Waals surface area contributed by atoms with Gasteiger partial charge in [0.2, 0.25) is 11.8 Å². The van der Waals surface area contributed by atoms with Gasteiger partial charge in [-0.2, -0.15) is 19.1 Å². The molecule has 0 spiro atoms. The first-order chi connectivity index (χ1) is 28.1. The van der Waals surface area contributed by atoms with Crippen molar-refractivity contribution >= 4 is 52.9 Å². The molecule has 3 aliphatic rings. The van der Waals surface area contributed by atoms with Gasteiger partial charge in [-0.15, -0.1) is 0 Å². The number of amides is 4. The maximum atomic E-state index is 14.8. The number of aromatic amines is 1. The third-order valence-electron chi connectivity index (χ3n) is 11.8. The number of alkyl halides is 2. The van der Waals surface area contributed by atoms with Crippen LogP contribution in [0.4, 0.5) is 8.78 Å². The van der Waals surface area contributed by atoms with E-state index in [0.29, 0.717) is 42.1 Å². The van der Waals surface area contributed by atoms with Gasteiger partial charge >= 0.3 is 13.3 Å². The Hall–Kier alpha value is -6.01. The van der Waals surface area contributed by atoms with Crippen LogP contribution in [0.5, 0.6) is 0 Å². The molecule has 3 saturated heterocycles. The average molecular weight is 824 g/mol. The topological polar surface area (TPSA) is 200 Å². The van der Waals surface area contributed by atoms with Gasteiger partial charge in [-0.3, -0.25) is 28.8 Å². The van der Waals surface area contributed by atoms with E-state index in [1.165, 1.54) is 34.1 Å². The van der Waals surface area contributed by atoms with Crippen LogP contribution in [0.15, 0.2) is 84.9 Å². The van der Waals surface area contributed by atoms with E-state index in [9.17, 15) is 47.6 Å². The van der Waals surface area contributed by atoms with Gasteiger partial charge in [0, 0.05) is 48.1 Å². The van der Waals surface area contributed by atoms with Gasteiger partial charge in [0.05, 0.1) is 24.0 Å². The minimum atomic E-state index is -5.87. The number of hydrogen-bond acceptors (Lipinski definition) is 7. The molecule has 3 aliphatic heterocycles. The highest BCUT2D eigenvalue weighted by molar-refractivity contribution is 7.52. The van der Waals surface area contributed by atoms with E-state index in [-0.39, 0.29) is 48.1 Å². The lowest BCUT2D eigenvalue weighted by molar-refractivity contribution is -0.147. The number of aryl methyl sites for hydroxylation is 1. The maximum absolute atomic E-state index is 14.8. The molecule has 0 aliphatic carbocycles. The predicted octanol–water partition coefficient (Wildman–Crippen LogP) is 5.02. The first-order valence-corrected chi connectivity index (χ1v) is 20.8. The number of nitriles is 1. The number of H-pyrrole nitrogens is 1. The third-order valence-corrected chi connectivity index (χ3v) is 12.8. The summed E-state index contributed by atoms with van der Waals surface area (Å²) in [5, 5.41) is 21.0. The molecule has 59 heavy (non-hydrogen) atoms. The molecule has 1 aromatic heterocycles. The fourth-order valence-electron chi connectivity index (χ4n) is 8.70. The summed E-state index contributed by atoms with van der Waals surface area (Å²) in [4.78, 5) is 80.7. The Morgan fingerprint density at radius 1 is 0.932 bits per heavy atom. The molecule has 4 aromatic carbocycles. The highest BCUT2D eigenvalue weighted by Crippen LogP contribution is 2.59. The first kappa shape index (κ1) is 39.8. The molecule has 14 nitrogen and oxygen atoms in total. The largest absolute Gasteiger partial charge is 0.399 e. The minimum Gasteiger partial charge on any atom is -0.339 e. The highest BCUT2D eigenvalue weighted by Gasteiger charge is 2.51. The van der Waals surface area contributed by atoms with Crippen LogP contribution in [-0.4, -0.2) is 103 Å². The first-order valence-electron chi connectivity index (χ1n) is 19.2. The lowest BCUT2D eigenvalue weighted by Crippen LogP contribution is -2.61. The summed E-state index contributed by atoms with van der Waals surface area (Å²) >= 11 is 0. The van der Waals surface area contributed by atoms with Crippen molar-refractivity contribution in [1.82, 2.24) is 30.2 Å². The van der Waals surface area contributed by atoms with Gasteiger partial charge in [-0.1, -0.05) is 60.2 Å². The molecule has 17 heteroatoms. The smallest absolute Gasteiger partial charge is 0.339 e. The quantitative estimate of drug-likeness (QED) is 0.163. The monoisotopic (exact) mass is 823 g/mol. The highest BCUT2D eigenvalue weighted by atomic mass is 31.2. The molecule has 4 amide bonds. The normalized spacial score (nSPS) is 22.5. The maximum Gasteiger partial charge on any atom is 0.399 e. The predicted molar refractivity (Wildman–Crippen MR) is 211 cm³/mol.